The predicted octanol–water partition coefficient (Wildman–Crippen LogP) is 2.92. The molecule has 82 valence electrons. The van der Waals surface area contributed by atoms with Crippen LogP contribution in [0.15, 0.2) is 22.7 Å². The minimum absolute atomic E-state index is 0.702. The first-order valence-electron chi connectivity index (χ1n) is 5.35. The SMILES string of the molecule is COc1ccc(C2CCNCC2)cc1Br. The number of ether oxygens (including phenoxy) is 1. The number of hydrogen-bond acceptors (Lipinski definition) is 2. The van der Waals surface area contributed by atoms with Gasteiger partial charge in [0.25, 0.3) is 0 Å². The molecule has 0 atom stereocenters. The van der Waals surface area contributed by atoms with Gasteiger partial charge in [0.15, 0.2) is 0 Å². The lowest BCUT2D eigenvalue weighted by Gasteiger charge is -2.23. The van der Waals surface area contributed by atoms with Crippen LogP contribution >= 0.6 is 15.9 Å². The van der Waals surface area contributed by atoms with Gasteiger partial charge in [-0.25, -0.2) is 0 Å². The Morgan fingerprint density at radius 1 is 1.33 bits per heavy atom. The van der Waals surface area contributed by atoms with Gasteiger partial charge in [-0.2, -0.15) is 0 Å². The van der Waals surface area contributed by atoms with Gasteiger partial charge in [-0.1, -0.05) is 6.07 Å². The van der Waals surface area contributed by atoms with Crippen molar-refractivity contribution in [3.05, 3.63) is 28.2 Å². The first-order chi connectivity index (χ1) is 7.31. The minimum atomic E-state index is 0.702. The Bertz CT molecular complexity index is 334. The molecule has 1 N–H and O–H groups in total. The molecule has 1 aliphatic rings. The highest BCUT2D eigenvalue weighted by Gasteiger charge is 2.15. The fraction of sp³-hybridized carbons (Fsp3) is 0.500. The van der Waals surface area contributed by atoms with E-state index < -0.39 is 0 Å². The third kappa shape index (κ3) is 2.52. The summed E-state index contributed by atoms with van der Waals surface area (Å²) in [6, 6.07) is 6.41. The summed E-state index contributed by atoms with van der Waals surface area (Å²) < 4.78 is 6.28. The van der Waals surface area contributed by atoms with Crippen LogP contribution in [0.1, 0.15) is 24.3 Å². The number of rotatable bonds is 2. The first kappa shape index (κ1) is 11.0. The highest BCUT2D eigenvalue weighted by molar-refractivity contribution is 9.10. The fourth-order valence-electron chi connectivity index (χ4n) is 2.09. The van der Waals surface area contributed by atoms with Gasteiger partial charge >= 0.3 is 0 Å². The highest BCUT2D eigenvalue weighted by Crippen LogP contribution is 2.32. The van der Waals surface area contributed by atoms with Crippen LogP contribution in [0.25, 0.3) is 0 Å². The lowest BCUT2D eigenvalue weighted by molar-refractivity contribution is 0.411. The number of benzene rings is 1. The second-order valence-electron chi connectivity index (χ2n) is 3.92. The molecule has 1 heterocycles. The molecular weight excluding hydrogens is 254 g/mol. The van der Waals surface area contributed by atoms with E-state index in [1.165, 1.54) is 18.4 Å². The van der Waals surface area contributed by atoms with Crippen molar-refractivity contribution < 1.29 is 4.74 Å². The Morgan fingerprint density at radius 2 is 2.07 bits per heavy atom. The average Bonchev–Trinajstić information content (AvgIpc) is 2.30. The van der Waals surface area contributed by atoms with Crippen molar-refractivity contribution in [3.63, 3.8) is 0 Å². The third-order valence-corrected chi connectivity index (χ3v) is 3.61. The molecular formula is C12H16BrNO. The molecule has 3 heteroatoms. The van der Waals surface area contributed by atoms with E-state index in [-0.39, 0.29) is 0 Å². The summed E-state index contributed by atoms with van der Waals surface area (Å²) >= 11 is 3.53. The van der Waals surface area contributed by atoms with E-state index in [9.17, 15) is 0 Å². The summed E-state index contributed by atoms with van der Waals surface area (Å²) in [7, 11) is 1.70. The highest BCUT2D eigenvalue weighted by atomic mass is 79.9. The largest absolute Gasteiger partial charge is 0.496 e. The summed E-state index contributed by atoms with van der Waals surface area (Å²) in [5.74, 6) is 1.61. The van der Waals surface area contributed by atoms with E-state index in [2.05, 4.69) is 33.4 Å². The molecule has 0 amide bonds. The molecule has 0 saturated carbocycles. The van der Waals surface area contributed by atoms with Gasteiger partial charge in [-0.15, -0.1) is 0 Å². The molecule has 1 fully saturated rings. The molecule has 1 aromatic carbocycles. The Labute approximate surface area is 99.1 Å². The van der Waals surface area contributed by atoms with Gasteiger partial charge in [-0.05, 0) is 65.5 Å². The van der Waals surface area contributed by atoms with Gasteiger partial charge in [0, 0.05) is 0 Å². The predicted molar refractivity (Wildman–Crippen MR) is 65.5 cm³/mol. The van der Waals surface area contributed by atoms with Gasteiger partial charge < -0.3 is 10.1 Å². The van der Waals surface area contributed by atoms with Crippen LogP contribution in [0.5, 0.6) is 5.75 Å². The van der Waals surface area contributed by atoms with Crippen molar-refractivity contribution in [3.8, 4) is 5.75 Å². The zero-order valence-electron chi connectivity index (χ0n) is 8.92. The lowest BCUT2D eigenvalue weighted by Crippen LogP contribution is -2.26. The molecule has 2 rings (SSSR count). The smallest absolute Gasteiger partial charge is 0.133 e. The number of methoxy groups -OCH3 is 1. The van der Waals surface area contributed by atoms with E-state index in [0.717, 1.165) is 23.3 Å². The zero-order valence-corrected chi connectivity index (χ0v) is 10.5. The Morgan fingerprint density at radius 3 is 2.67 bits per heavy atom. The number of halogens is 1. The van der Waals surface area contributed by atoms with Crippen LogP contribution < -0.4 is 10.1 Å². The van der Waals surface area contributed by atoms with E-state index in [4.69, 9.17) is 4.74 Å². The van der Waals surface area contributed by atoms with Crippen molar-refractivity contribution in [1.82, 2.24) is 5.32 Å². The number of nitrogens with one attached hydrogen (secondary N) is 1. The molecule has 15 heavy (non-hydrogen) atoms. The minimum Gasteiger partial charge on any atom is -0.496 e. The summed E-state index contributed by atoms with van der Waals surface area (Å²) in [6.45, 7) is 2.27. The molecule has 0 spiro atoms. The maximum absolute atomic E-state index is 5.23. The van der Waals surface area contributed by atoms with Crippen LogP contribution in [0.2, 0.25) is 0 Å². The van der Waals surface area contributed by atoms with E-state index in [0.29, 0.717) is 5.92 Å². The molecule has 0 aliphatic carbocycles. The second kappa shape index (κ2) is 4.99. The van der Waals surface area contributed by atoms with Crippen molar-refractivity contribution in [2.75, 3.05) is 20.2 Å². The Kier molecular flexibility index (Phi) is 3.65. The number of hydrogen-bond donors (Lipinski definition) is 1. The van der Waals surface area contributed by atoms with Crippen molar-refractivity contribution in [1.29, 1.82) is 0 Å². The molecule has 1 aromatic rings. The lowest BCUT2D eigenvalue weighted by atomic mass is 9.90. The van der Waals surface area contributed by atoms with E-state index >= 15 is 0 Å². The van der Waals surface area contributed by atoms with E-state index in [1.54, 1.807) is 7.11 Å². The first-order valence-corrected chi connectivity index (χ1v) is 6.14. The fourth-order valence-corrected chi connectivity index (χ4v) is 2.65. The monoisotopic (exact) mass is 269 g/mol. The quantitative estimate of drug-likeness (QED) is 0.892. The Balaban J connectivity index is 2.17. The van der Waals surface area contributed by atoms with Crippen LogP contribution in [0.3, 0.4) is 0 Å². The summed E-state index contributed by atoms with van der Waals surface area (Å²) in [6.07, 6.45) is 2.47. The molecule has 0 bridgehead atoms. The van der Waals surface area contributed by atoms with Crippen LogP contribution in [-0.2, 0) is 0 Å². The van der Waals surface area contributed by atoms with Gasteiger partial charge in [0.2, 0.25) is 0 Å². The topological polar surface area (TPSA) is 21.3 Å². The summed E-state index contributed by atoms with van der Waals surface area (Å²) in [5.41, 5.74) is 1.42. The molecule has 0 unspecified atom stereocenters. The maximum atomic E-state index is 5.23. The molecule has 1 saturated heterocycles. The molecule has 0 radical (unpaired) electrons. The summed E-state index contributed by atoms with van der Waals surface area (Å²) in [5, 5.41) is 3.39. The average molecular weight is 270 g/mol. The van der Waals surface area contributed by atoms with Crippen molar-refractivity contribution in [2.24, 2.45) is 0 Å². The third-order valence-electron chi connectivity index (χ3n) is 2.99. The number of piperidine rings is 1. The zero-order chi connectivity index (χ0) is 10.7. The van der Waals surface area contributed by atoms with Gasteiger partial charge in [0.05, 0.1) is 11.6 Å². The summed E-state index contributed by atoms with van der Waals surface area (Å²) in [4.78, 5) is 0. The van der Waals surface area contributed by atoms with Crippen LogP contribution in [0, 0.1) is 0 Å². The maximum Gasteiger partial charge on any atom is 0.133 e. The van der Waals surface area contributed by atoms with Crippen molar-refractivity contribution >= 4 is 15.9 Å². The molecule has 1 aliphatic heterocycles. The molecule has 0 aromatic heterocycles. The second-order valence-corrected chi connectivity index (χ2v) is 4.77. The van der Waals surface area contributed by atoms with Crippen LogP contribution in [-0.4, -0.2) is 20.2 Å². The van der Waals surface area contributed by atoms with Gasteiger partial charge in [0.1, 0.15) is 5.75 Å². The Hall–Kier alpha value is -0.540. The van der Waals surface area contributed by atoms with Gasteiger partial charge in [-0.3, -0.25) is 0 Å². The van der Waals surface area contributed by atoms with Crippen LogP contribution in [0.4, 0.5) is 0 Å². The van der Waals surface area contributed by atoms with E-state index in [1.807, 2.05) is 6.07 Å². The molecule has 2 nitrogen and oxygen atoms in total. The standard InChI is InChI=1S/C12H16BrNO/c1-15-12-3-2-10(8-11(12)13)9-4-6-14-7-5-9/h2-3,8-9,14H,4-7H2,1H3. The van der Waals surface area contributed by atoms with Crippen molar-refractivity contribution in [2.45, 2.75) is 18.8 Å². The normalized spacial score (nSPS) is 17.7.